The Morgan fingerprint density at radius 3 is 0.883 bits per heavy atom. The van der Waals surface area contributed by atoms with E-state index in [9.17, 15) is 0 Å². The third kappa shape index (κ3) is 10.4. The monoisotopic (exact) mass is 1520 g/mol. The standard InChI is InChI=1S/C62H38N2.C54H34N2/c1-2-15-43(16-3-1)64-57-24-12-10-21-49(57)51-33-29-42(37-60(51)64)41-30-35-59-55(36-41)50-22-11-13-25-58(50)63(59)44-31-26-40(27-32-44)54-38-56-48-20-7-6-18-46(48)47-19-8-9-23-52(47)62(56)61-45-17-5-4-14-39(45)28-34-53(54)61;1-2-13-39(14-3-1)56-51-20-10-8-18-45(51)47-30-25-38(33-54(47)56)37-26-31-53-50(32-37)46-19-9-11-21-52(46)55(53)40-27-22-36(23-28-40)48-34-49-41-15-5-4-12-35(41)24-29-44(49)42-16-6-7-17-43(42)48/h1-38H;1-34H. The van der Waals surface area contributed by atoms with Crippen LogP contribution in [0.5, 0.6) is 0 Å². The van der Waals surface area contributed by atoms with Crippen LogP contribution < -0.4 is 0 Å². The molecule has 4 heteroatoms. The second kappa shape index (κ2) is 26.9. The van der Waals surface area contributed by atoms with Gasteiger partial charge in [-0.1, -0.05) is 315 Å². The predicted octanol–water partition coefficient (Wildman–Crippen LogP) is 31.7. The Morgan fingerprint density at radius 1 is 0.117 bits per heavy atom. The number of hydrogen-bond donors (Lipinski definition) is 0. The largest absolute Gasteiger partial charge is 0.309 e. The van der Waals surface area contributed by atoms with Crippen LogP contribution in [0, 0.1) is 0 Å². The van der Waals surface area contributed by atoms with E-state index in [2.05, 4.69) is 455 Å². The van der Waals surface area contributed by atoms with Crippen LogP contribution >= 0.6 is 0 Å². The van der Waals surface area contributed by atoms with Gasteiger partial charge in [0, 0.05) is 65.8 Å². The van der Waals surface area contributed by atoms with E-state index in [1.807, 2.05) is 0 Å². The summed E-state index contributed by atoms with van der Waals surface area (Å²) in [4.78, 5) is 0. The molecule has 0 unspecified atom stereocenters. The summed E-state index contributed by atoms with van der Waals surface area (Å²) in [5.74, 6) is 0. The van der Waals surface area contributed by atoms with Gasteiger partial charge in [0.1, 0.15) is 0 Å². The fraction of sp³-hybridized carbons (Fsp3) is 0. The Bertz CT molecular complexity index is 8750. The summed E-state index contributed by atoms with van der Waals surface area (Å²) in [6.07, 6.45) is 0. The highest BCUT2D eigenvalue weighted by Gasteiger charge is 2.23. The topological polar surface area (TPSA) is 19.7 Å². The predicted molar refractivity (Wildman–Crippen MR) is 512 cm³/mol. The van der Waals surface area contributed by atoms with Crippen LogP contribution in [-0.2, 0) is 0 Å². The van der Waals surface area contributed by atoms with Gasteiger partial charge in [-0.3, -0.25) is 0 Å². The lowest BCUT2D eigenvalue weighted by molar-refractivity contribution is 1.18. The zero-order valence-corrected chi connectivity index (χ0v) is 65.4. The first kappa shape index (κ1) is 67.5. The van der Waals surface area contributed by atoms with Crippen molar-refractivity contribution in [3.05, 3.63) is 437 Å². The van der Waals surface area contributed by atoms with Gasteiger partial charge in [-0.15, -0.1) is 0 Å². The number of hydrogen-bond acceptors (Lipinski definition) is 0. The molecular weight excluding hydrogens is 1450 g/mol. The fourth-order valence-electron chi connectivity index (χ4n) is 20.4. The molecule has 22 aromatic carbocycles. The molecule has 4 nitrogen and oxygen atoms in total. The molecule has 0 bridgehead atoms. The number of rotatable bonds is 8. The normalized spacial score (nSPS) is 12.0. The van der Waals surface area contributed by atoms with Crippen molar-refractivity contribution in [1.82, 2.24) is 18.3 Å². The SMILES string of the molecule is c1ccc(-n2c3ccccc3c3ccc(-c4ccc5c(c4)c4ccccc4n5-c4ccc(-c5cc6c7ccccc7c7ccccc7c6c6c5ccc5ccccc56)cc4)cc32)cc1.c1ccc(-n2c3ccccc3c3ccc(-c4ccc5c(c4)c4ccccc4n5-c4ccc(-c5cc6c7ccccc7ccc6c6ccccc56)cc4)cc32)cc1. The van der Waals surface area contributed by atoms with Crippen molar-refractivity contribution < 1.29 is 0 Å². The highest BCUT2D eigenvalue weighted by atomic mass is 15.0. The third-order valence-corrected chi connectivity index (χ3v) is 25.8. The van der Waals surface area contributed by atoms with E-state index >= 15 is 0 Å². The molecule has 26 aromatic rings. The van der Waals surface area contributed by atoms with E-state index in [1.165, 1.54) is 229 Å². The lowest BCUT2D eigenvalue weighted by Gasteiger charge is -2.18. The Morgan fingerprint density at radius 2 is 0.392 bits per heavy atom. The number of benzene rings is 22. The van der Waals surface area contributed by atoms with Crippen molar-refractivity contribution in [1.29, 1.82) is 0 Å². The Kier molecular flexibility index (Phi) is 15.1. The lowest BCUT2D eigenvalue weighted by atomic mass is 9.85. The average Bonchev–Trinajstić information content (AvgIpc) is 1.20. The Hall–Kier alpha value is -15.9. The van der Waals surface area contributed by atoms with E-state index in [1.54, 1.807) is 0 Å². The van der Waals surface area contributed by atoms with Crippen molar-refractivity contribution in [3.8, 4) is 67.3 Å². The smallest absolute Gasteiger partial charge is 0.0547 e. The molecule has 556 valence electrons. The molecule has 0 atom stereocenters. The van der Waals surface area contributed by atoms with Gasteiger partial charge in [0.05, 0.1) is 44.1 Å². The van der Waals surface area contributed by atoms with Crippen LogP contribution in [0.1, 0.15) is 0 Å². The maximum Gasteiger partial charge on any atom is 0.0547 e. The van der Waals surface area contributed by atoms with Crippen LogP contribution in [0.15, 0.2) is 437 Å². The quantitative estimate of drug-likeness (QED) is 0.135. The minimum Gasteiger partial charge on any atom is -0.309 e. The molecule has 0 radical (unpaired) electrons. The minimum atomic E-state index is 1.14. The molecule has 0 aliphatic heterocycles. The number of aromatic nitrogens is 4. The fourth-order valence-corrected chi connectivity index (χ4v) is 20.4. The Balaban J connectivity index is 0.000000134. The third-order valence-electron chi connectivity index (χ3n) is 25.8. The molecule has 0 spiro atoms. The van der Waals surface area contributed by atoms with E-state index in [-0.39, 0.29) is 0 Å². The molecule has 0 saturated heterocycles. The summed E-state index contributed by atoms with van der Waals surface area (Å²) in [5.41, 5.74) is 24.0. The molecule has 4 heterocycles. The highest BCUT2D eigenvalue weighted by molar-refractivity contribution is 6.37. The van der Waals surface area contributed by atoms with Crippen molar-refractivity contribution in [2.75, 3.05) is 0 Å². The molecule has 0 fully saturated rings. The van der Waals surface area contributed by atoms with Gasteiger partial charge in [-0.25, -0.2) is 0 Å². The zero-order chi connectivity index (χ0) is 78.6. The van der Waals surface area contributed by atoms with Crippen LogP contribution in [-0.4, -0.2) is 18.3 Å². The molecule has 120 heavy (non-hydrogen) atoms. The molecular formula is C116H72N4. The Labute approximate surface area is 691 Å². The molecule has 0 N–H and O–H groups in total. The maximum atomic E-state index is 2.45. The summed E-state index contributed by atoms with van der Waals surface area (Å²) in [5, 5.41) is 30.6. The lowest BCUT2D eigenvalue weighted by Crippen LogP contribution is -1.94. The number of nitrogens with zero attached hydrogens (tertiary/aromatic N) is 4. The first-order chi connectivity index (χ1) is 59.5. The van der Waals surface area contributed by atoms with Gasteiger partial charge in [0.2, 0.25) is 0 Å². The van der Waals surface area contributed by atoms with Crippen LogP contribution in [0.25, 0.3) is 241 Å². The second-order valence-corrected chi connectivity index (χ2v) is 32.1. The van der Waals surface area contributed by atoms with Crippen LogP contribution in [0.3, 0.4) is 0 Å². The van der Waals surface area contributed by atoms with Gasteiger partial charge in [0.15, 0.2) is 0 Å². The molecule has 26 rings (SSSR count). The molecule has 0 saturated carbocycles. The number of fused-ring (bicyclic) bond motifs is 27. The average molecular weight is 1520 g/mol. The van der Waals surface area contributed by atoms with Gasteiger partial charge in [-0.2, -0.15) is 0 Å². The number of para-hydroxylation sites is 6. The molecule has 0 aliphatic carbocycles. The van der Waals surface area contributed by atoms with E-state index < -0.39 is 0 Å². The maximum absolute atomic E-state index is 2.45. The summed E-state index contributed by atoms with van der Waals surface area (Å²) in [6.45, 7) is 0. The summed E-state index contributed by atoms with van der Waals surface area (Å²) in [7, 11) is 0. The molecule has 4 aromatic heterocycles. The second-order valence-electron chi connectivity index (χ2n) is 32.1. The van der Waals surface area contributed by atoms with Gasteiger partial charge >= 0.3 is 0 Å². The highest BCUT2D eigenvalue weighted by Crippen LogP contribution is 2.48. The van der Waals surface area contributed by atoms with Gasteiger partial charge in [-0.05, 0) is 252 Å². The van der Waals surface area contributed by atoms with Crippen molar-refractivity contribution in [3.63, 3.8) is 0 Å². The summed E-state index contributed by atoms with van der Waals surface area (Å²) < 4.78 is 9.64. The first-order valence-electron chi connectivity index (χ1n) is 41.5. The van der Waals surface area contributed by atoms with Crippen LogP contribution in [0.4, 0.5) is 0 Å². The van der Waals surface area contributed by atoms with Crippen molar-refractivity contribution >= 4 is 173 Å². The van der Waals surface area contributed by atoms with Crippen LogP contribution in [0.2, 0.25) is 0 Å². The van der Waals surface area contributed by atoms with E-state index in [0.717, 1.165) is 11.4 Å². The summed E-state index contributed by atoms with van der Waals surface area (Å²) >= 11 is 0. The molecule has 0 amide bonds. The van der Waals surface area contributed by atoms with Crippen molar-refractivity contribution in [2.24, 2.45) is 0 Å². The summed E-state index contributed by atoms with van der Waals surface area (Å²) in [6, 6.07) is 161. The van der Waals surface area contributed by atoms with Crippen molar-refractivity contribution in [2.45, 2.75) is 0 Å². The van der Waals surface area contributed by atoms with E-state index in [0.29, 0.717) is 0 Å². The van der Waals surface area contributed by atoms with Gasteiger partial charge < -0.3 is 18.3 Å². The van der Waals surface area contributed by atoms with Gasteiger partial charge in [0.25, 0.3) is 0 Å². The first-order valence-corrected chi connectivity index (χ1v) is 41.5. The molecule has 0 aliphatic rings. The minimum absolute atomic E-state index is 1.14. The zero-order valence-electron chi connectivity index (χ0n) is 65.4. The van der Waals surface area contributed by atoms with E-state index in [4.69, 9.17) is 0 Å².